The van der Waals surface area contributed by atoms with Gasteiger partial charge in [-0.05, 0) is 42.5 Å². The second-order valence-corrected chi connectivity index (χ2v) is 6.62. The van der Waals surface area contributed by atoms with Crippen LogP contribution in [-0.2, 0) is 12.8 Å². The number of para-hydroxylation sites is 2. The molecule has 0 saturated carbocycles. The molecule has 4 rings (SSSR count). The molecule has 27 heavy (non-hydrogen) atoms. The smallest absolute Gasteiger partial charge is 0.261 e. The van der Waals surface area contributed by atoms with Crippen molar-refractivity contribution >= 4 is 23.2 Å². The van der Waals surface area contributed by atoms with Crippen LogP contribution in [0.4, 0.5) is 17.3 Å². The number of nitrogens with one attached hydrogen (secondary N) is 1. The Bertz CT molecular complexity index is 953. The fraction of sp³-hybridized carbons (Fsp3) is 0.227. The van der Waals surface area contributed by atoms with Gasteiger partial charge in [0.2, 0.25) is 5.95 Å². The molecule has 1 aliphatic rings. The zero-order valence-electron chi connectivity index (χ0n) is 15.4. The van der Waals surface area contributed by atoms with Gasteiger partial charge in [0.05, 0.1) is 5.56 Å². The van der Waals surface area contributed by atoms with Gasteiger partial charge < -0.3 is 10.2 Å². The molecule has 5 heteroatoms. The second kappa shape index (κ2) is 7.58. The number of benzene rings is 2. The highest BCUT2D eigenvalue weighted by Crippen LogP contribution is 2.28. The van der Waals surface area contributed by atoms with Crippen LogP contribution in [0.1, 0.15) is 34.8 Å². The summed E-state index contributed by atoms with van der Waals surface area (Å²) in [6.45, 7) is 2.83. The van der Waals surface area contributed by atoms with Crippen molar-refractivity contribution in [2.45, 2.75) is 26.2 Å². The predicted octanol–water partition coefficient (Wildman–Crippen LogP) is 4.38. The number of carbonyl (C=O) groups is 1. The minimum Gasteiger partial charge on any atom is -0.324 e. The van der Waals surface area contributed by atoms with Crippen molar-refractivity contribution in [2.75, 3.05) is 16.8 Å². The highest BCUT2D eigenvalue weighted by atomic mass is 16.2. The average molecular weight is 358 g/mol. The number of carbonyl (C=O) groups excluding carboxylic acids is 1. The third kappa shape index (κ3) is 3.53. The summed E-state index contributed by atoms with van der Waals surface area (Å²) < 4.78 is 0. The van der Waals surface area contributed by atoms with Crippen LogP contribution in [0.5, 0.6) is 0 Å². The van der Waals surface area contributed by atoms with Gasteiger partial charge in [-0.1, -0.05) is 43.3 Å². The molecule has 136 valence electrons. The first kappa shape index (κ1) is 17.2. The van der Waals surface area contributed by atoms with E-state index in [1.165, 1.54) is 11.1 Å². The number of amides is 1. The van der Waals surface area contributed by atoms with Crippen molar-refractivity contribution in [3.8, 4) is 0 Å². The highest BCUT2D eigenvalue weighted by Gasteiger charge is 2.23. The predicted molar refractivity (Wildman–Crippen MR) is 108 cm³/mol. The number of fused-ring (bicyclic) bond motifs is 1. The molecule has 0 saturated heterocycles. The first-order valence-corrected chi connectivity index (χ1v) is 9.33. The Kier molecular flexibility index (Phi) is 4.83. The van der Waals surface area contributed by atoms with Crippen molar-refractivity contribution in [3.05, 3.63) is 77.6 Å². The largest absolute Gasteiger partial charge is 0.324 e. The van der Waals surface area contributed by atoms with Gasteiger partial charge in [0.15, 0.2) is 0 Å². The Labute approximate surface area is 159 Å². The molecular weight excluding hydrogens is 336 g/mol. The number of anilines is 3. The molecular formula is C22H22N4O. The van der Waals surface area contributed by atoms with E-state index in [0.717, 1.165) is 37.2 Å². The van der Waals surface area contributed by atoms with Crippen molar-refractivity contribution < 1.29 is 4.79 Å². The fourth-order valence-electron chi connectivity index (χ4n) is 3.47. The molecule has 1 amide bonds. The highest BCUT2D eigenvalue weighted by molar-refractivity contribution is 6.06. The SMILES string of the molecule is CCc1ccccc1Nc1ncc(C(=O)N2CCCc3ccccc32)cn1. The lowest BCUT2D eigenvalue weighted by atomic mass is 10.0. The van der Waals surface area contributed by atoms with Crippen LogP contribution in [0, 0.1) is 0 Å². The van der Waals surface area contributed by atoms with E-state index in [0.29, 0.717) is 11.5 Å². The molecule has 2 aromatic carbocycles. The fourth-order valence-corrected chi connectivity index (χ4v) is 3.47. The number of aromatic nitrogens is 2. The van der Waals surface area contributed by atoms with Crippen LogP contribution >= 0.6 is 0 Å². The maximum Gasteiger partial charge on any atom is 0.261 e. The van der Waals surface area contributed by atoms with E-state index in [2.05, 4.69) is 34.3 Å². The van der Waals surface area contributed by atoms with Gasteiger partial charge in [0.1, 0.15) is 0 Å². The number of nitrogens with zero attached hydrogens (tertiary/aromatic N) is 3. The van der Waals surface area contributed by atoms with Gasteiger partial charge >= 0.3 is 0 Å². The Morgan fingerprint density at radius 1 is 1.07 bits per heavy atom. The molecule has 1 N–H and O–H groups in total. The molecule has 3 aromatic rings. The number of aryl methyl sites for hydroxylation is 2. The summed E-state index contributed by atoms with van der Waals surface area (Å²) in [7, 11) is 0. The molecule has 0 fully saturated rings. The van der Waals surface area contributed by atoms with E-state index in [-0.39, 0.29) is 5.91 Å². The molecule has 2 heterocycles. The van der Waals surface area contributed by atoms with Crippen molar-refractivity contribution in [1.82, 2.24) is 9.97 Å². The monoisotopic (exact) mass is 358 g/mol. The van der Waals surface area contributed by atoms with Crippen LogP contribution in [0.3, 0.4) is 0 Å². The first-order chi connectivity index (χ1) is 13.3. The van der Waals surface area contributed by atoms with E-state index in [9.17, 15) is 4.79 Å². The molecule has 0 spiro atoms. The zero-order valence-corrected chi connectivity index (χ0v) is 15.4. The minimum atomic E-state index is -0.0531. The molecule has 1 aromatic heterocycles. The molecule has 1 aliphatic heterocycles. The van der Waals surface area contributed by atoms with Gasteiger partial charge in [-0.2, -0.15) is 0 Å². The van der Waals surface area contributed by atoms with Gasteiger partial charge in [-0.15, -0.1) is 0 Å². The van der Waals surface area contributed by atoms with Crippen LogP contribution in [-0.4, -0.2) is 22.4 Å². The summed E-state index contributed by atoms with van der Waals surface area (Å²) in [5.41, 5.74) is 4.90. The Hall–Kier alpha value is -3.21. The first-order valence-electron chi connectivity index (χ1n) is 9.33. The van der Waals surface area contributed by atoms with E-state index in [1.54, 1.807) is 12.4 Å². The van der Waals surface area contributed by atoms with Crippen molar-refractivity contribution in [2.24, 2.45) is 0 Å². The van der Waals surface area contributed by atoms with Crippen LogP contribution in [0.2, 0.25) is 0 Å². The van der Waals surface area contributed by atoms with Gasteiger partial charge in [0.25, 0.3) is 5.91 Å². The van der Waals surface area contributed by atoms with Gasteiger partial charge in [-0.3, -0.25) is 4.79 Å². The Balaban J connectivity index is 1.54. The standard InChI is InChI=1S/C22H22N4O/c1-2-16-8-3-5-11-19(16)25-22-23-14-18(15-24-22)21(27)26-13-7-10-17-9-4-6-12-20(17)26/h3-6,8-9,11-12,14-15H,2,7,10,13H2,1H3,(H,23,24,25). The average Bonchev–Trinajstić information content (AvgIpc) is 2.74. The third-order valence-corrected chi connectivity index (χ3v) is 4.90. The summed E-state index contributed by atoms with van der Waals surface area (Å²) in [5.74, 6) is 0.439. The number of hydrogen-bond donors (Lipinski definition) is 1. The van der Waals surface area contributed by atoms with Crippen molar-refractivity contribution in [3.63, 3.8) is 0 Å². The normalized spacial score (nSPS) is 13.1. The summed E-state index contributed by atoms with van der Waals surface area (Å²) in [5, 5.41) is 3.24. The maximum atomic E-state index is 13.0. The van der Waals surface area contributed by atoms with E-state index >= 15 is 0 Å². The van der Waals surface area contributed by atoms with E-state index < -0.39 is 0 Å². The van der Waals surface area contributed by atoms with Crippen LogP contribution in [0.15, 0.2) is 60.9 Å². The lowest BCUT2D eigenvalue weighted by molar-refractivity contribution is 0.0984. The van der Waals surface area contributed by atoms with Crippen molar-refractivity contribution in [1.29, 1.82) is 0 Å². The second-order valence-electron chi connectivity index (χ2n) is 6.62. The van der Waals surface area contributed by atoms with Crippen LogP contribution in [0.25, 0.3) is 0 Å². The van der Waals surface area contributed by atoms with Gasteiger partial charge in [0, 0.05) is 30.3 Å². The molecule has 0 atom stereocenters. The Morgan fingerprint density at radius 2 is 1.81 bits per heavy atom. The summed E-state index contributed by atoms with van der Waals surface area (Å²) >= 11 is 0. The molecule has 0 radical (unpaired) electrons. The molecule has 0 bridgehead atoms. The number of rotatable bonds is 4. The topological polar surface area (TPSA) is 58.1 Å². The zero-order chi connectivity index (χ0) is 18.6. The lowest BCUT2D eigenvalue weighted by Gasteiger charge is -2.29. The summed E-state index contributed by atoms with van der Waals surface area (Å²) in [4.78, 5) is 23.5. The van der Waals surface area contributed by atoms with E-state index in [4.69, 9.17) is 0 Å². The van der Waals surface area contributed by atoms with Gasteiger partial charge in [-0.25, -0.2) is 9.97 Å². The minimum absolute atomic E-state index is 0.0531. The summed E-state index contributed by atoms with van der Waals surface area (Å²) in [6, 6.07) is 16.2. The molecule has 0 aliphatic carbocycles. The maximum absolute atomic E-state index is 13.0. The summed E-state index contributed by atoms with van der Waals surface area (Å²) in [6.07, 6.45) is 6.11. The van der Waals surface area contributed by atoms with Crippen LogP contribution < -0.4 is 10.2 Å². The molecule has 0 unspecified atom stereocenters. The van der Waals surface area contributed by atoms with E-state index in [1.807, 2.05) is 41.3 Å². The quantitative estimate of drug-likeness (QED) is 0.752. The molecule has 5 nitrogen and oxygen atoms in total. The number of hydrogen-bond acceptors (Lipinski definition) is 4. The Morgan fingerprint density at radius 3 is 2.63 bits per heavy atom. The lowest BCUT2D eigenvalue weighted by Crippen LogP contribution is -2.35. The third-order valence-electron chi connectivity index (χ3n) is 4.90.